The molecule has 2 aromatic rings. The second kappa shape index (κ2) is 6.57. The summed E-state index contributed by atoms with van der Waals surface area (Å²) in [6, 6.07) is 10.6. The van der Waals surface area contributed by atoms with Crippen LogP contribution >= 0.6 is 0 Å². The van der Waals surface area contributed by atoms with E-state index in [9.17, 15) is 0 Å². The first kappa shape index (κ1) is 13.9. The number of piperidine rings is 1. The van der Waals surface area contributed by atoms with Crippen molar-refractivity contribution in [1.82, 2.24) is 9.97 Å². The molecule has 0 radical (unpaired) electrons. The quantitative estimate of drug-likeness (QED) is 0.933. The highest BCUT2D eigenvalue weighted by Crippen LogP contribution is 2.19. The van der Waals surface area contributed by atoms with Gasteiger partial charge in [0.2, 0.25) is 0 Å². The van der Waals surface area contributed by atoms with Gasteiger partial charge in [0.1, 0.15) is 18.0 Å². The molecule has 21 heavy (non-hydrogen) atoms. The molecule has 1 aliphatic heterocycles. The van der Waals surface area contributed by atoms with Crippen LogP contribution in [-0.4, -0.2) is 23.1 Å². The van der Waals surface area contributed by atoms with Crippen molar-refractivity contribution >= 4 is 11.6 Å². The summed E-state index contributed by atoms with van der Waals surface area (Å²) in [5, 5.41) is 3.39. The molecule has 0 aliphatic carbocycles. The fourth-order valence-corrected chi connectivity index (χ4v) is 2.75. The van der Waals surface area contributed by atoms with Crippen LogP contribution in [-0.2, 0) is 6.54 Å². The van der Waals surface area contributed by atoms with Gasteiger partial charge in [0, 0.05) is 25.7 Å². The molecule has 1 fully saturated rings. The van der Waals surface area contributed by atoms with E-state index in [0.717, 1.165) is 31.3 Å². The normalized spacial score (nSPS) is 15.0. The van der Waals surface area contributed by atoms with Gasteiger partial charge < -0.3 is 10.2 Å². The number of rotatable bonds is 4. The van der Waals surface area contributed by atoms with Crippen LogP contribution in [0.1, 0.15) is 30.4 Å². The molecule has 1 saturated heterocycles. The number of benzene rings is 1. The molecule has 3 rings (SSSR count). The Kier molecular flexibility index (Phi) is 4.34. The number of nitrogens with one attached hydrogen (secondary N) is 1. The zero-order chi connectivity index (χ0) is 14.5. The molecule has 4 nitrogen and oxygen atoms in total. The average Bonchev–Trinajstić information content (AvgIpc) is 2.54. The summed E-state index contributed by atoms with van der Waals surface area (Å²) in [6.45, 7) is 5.11. The third-order valence-corrected chi connectivity index (χ3v) is 3.89. The van der Waals surface area contributed by atoms with E-state index in [4.69, 9.17) is 0 Å². The van der Waals surface area contributed by atoms with E-state index in [1.165, 1.54) is 30.4 Å². The van der Waals surface area contributed by atoms with Gasteiger partial charge >= 0.3 is 0 Å². The molecule has 0 unspecified atom stereocenters. The molecule has 1 aliphatic rings. The maximum atomic E-state index is 4.41. The Morgan fingerprint density at radius 3 is 2.76 bits per heavy atom. The monoisotopic (exact) mass is 282 g/mol. The number of aryl methyl sites for hydroxylation is 1. The van der Waals surface area contributed by atoms with E-state index in [2.05, 4.69) is 57.4 Å². The highest BCUT2D eigenvalue weighted by molar-refractivity contribution is 5.49. The first-order chi connectivity index (χ1) is 10.3. The molecule has 0 spiro atoms. The summed E-state index contributed by atoms with van der Waals surface area (Å²) in [4.78, 5) is 11.1. The van der Waals surface area contributed by atoms with E-state index in [1.54, 1.807) is 6.33 Å². The van der Waals surface area contributed by atoms with Crippen molar-refractivity contribution in [2.75, 3.05) is 23.3 Å². The molecule has 1 aromatic carbocycles. The van der Waals surface area contributed by atoms with Crippen LogP contribution in [0.3, 0.4) is 0 Å². The lowest BCUT2D eigenvalue weighted by Gasteiger charge is -2.27. The van der Waals surface area contributed by atoms with Crippen molar-refractivity contribution in [2.24, 2.45) is 0 Å². The molecule has 0 amide bonds. The van der Waals surface area contributed by atoms with Gasteiger partial charge in [-0.2, -0.15) is 0 Å². The Bertz CT molecular complexity index is 591. The van der Waals surface area contributed by atoms with Gasteiger partial charge in [0.15, 0.2) is 0 Å². The van der Waals surface area contributed by atoms with Crippen LogP contribution in [0.5, 0.6) is 0 Å². The lowest BCUT2D eigenvalue weighted by Crippen LogP contribution is -2.30. The topological polar surface area (TPSA) is 41.0 Å². The van der Waals surface area contributed by atoms with Crippen LogP contribution in [0, 0.1) is 6.92 Å². The molecule has 1 N–H and O–H groups in total. The molecular formula is C17H22N4. The van der Waals surface area contributed by atoms with Crippen molar-refractivity contribution in [1.29, 1.82) is 0 Å². The lowest BCUT2D eigenvalue weighted by molar-refractivity contribution is 0.573. The maximum absolute atomic E-state index is 4.41. The van der Waals surface area contributed by atoms with Crippen molar-refractivity contribution in [2.45, 2.75) is 32.7 Å². The fourth-order valence-electron chi connectivity index (χ4n) is 2.75. The Labute approximate surface area is 126 Å². The summed E-state index contributed by atoms with van der Waals surface area (Å²) in [6.07, 6.45) is 5.51. The van der Waals surface area contributed by atoms with Gasteiger partial charge in [-0.1, -0.05) is 29.8 Å². The number of aromatic nitrogens is 2. The van der Waals surface area contributed by atoms with Crippen molar-refractivity contribution in [3.63, 3.8) is 0 Å². The summed E-state index contributed by atoms with van der Waals surface area (Å²) >= 11 is 0. The van der Waals surface area contributed by atoms with Gasteiger partial charge in [0.25, 0.3) is 0 Å². The van der Waals surface area contributed by atoms with Crippen molar-refractivity contribution in [3.05, 3.63) is 47.8 Å². The summed E-state index contributed by atoms with van der Waals surface area (Å²) in [5.74, 6) is 1.93. The smallest absolute Gasteiger partial charge is 0.134 e. The Morgan fingerprint density at radius 2 is 1.95 bits per heavy atom. The first-order valence-electron chi connectivity index (χ1n) is 7.68. The van der Waals surface area contributed by atoms with E-state index in [1.807, 2.05) is 0 Å². The van der Waals surface area contributed by atoms with Gasteiger partial charge in [-0.15, -0.1) is 0 Å². The molecule has 110 valence electrons. The van der Waals surface area contributed by atoms with Crippen LogP contribution in [0.25, 0.3) is 0 Å². The molecule has 0 bridgehead atoms. The van der Waals surface area contributed by atoms with Crippen molar-refractivity contribution in [3.8, 4) is 0 Å². The highest BCUT2D eigenvalue weighted by atomic mass is 15.2. The first-order valence-corrected chi connectivity index (χ1v) is 7.68. The minimum Gasteiger partial charge on any atom is -0.366 e. The standard InChI is InChI=1S/C17H22N4/c1-14-6-5-7-15(10-14)12-18-16-11-17(20-13-19-16)21-8-3-2-4-9-21/h5-7,10-11,13H,2-4,8-9,12H2,1H3,(H,18,19,20). The zero-order valence-corrected chi connectivity index (χ0v) is 12.5. The molecule has 2 heterocycles. The maximum Gasteiger partial charge on any atom is 0.134 e. The van der Waals surface area contributed by atoms with Gasteiger partial charge in [0.05, 0.1) is 0 Å². The Balaban J connectivity index is 1.65. The number of hydrogen-bond donors (Lipinski definition) is 1. The predicted molar refractivity (Wildman–Crippen MR) is 86.6 cm³/mol. The third-order valence-electron chi connectivity index (χ3n) is 3.89. The van der Waals surface area contributed by atoms with Crippen LogP contribution in [0.4, 0.5) is 11.6 Å². The lowest BCUT2D eigenvalue weighted by atomic mass is 10.1. The van der Waals surface area contributed by atoms with Crippen LogP contribution in [0.15, 0.2) is 36.7 Å². The number of anilines is 2. The van der Waals surface area contributed by atoms with E-state index >= 15 is 0 Å². The van der Waals surface area contributed by atoms with Crippen LogP contribution < -0.4 is 10.2 Å². The molecular weight excluding hydrogens is 260 g/mol. The van der Waals surface area contributed by atoms with Gasteiger partial charge in [-0.3, -0.25) is 0 Å². The molecule has 0 atom stereocenters. The minimum absolute atomic E-state index is 0.790. The Morgan fingerprint density at radius 1 is 1.10 bits per heavy atom. The minimum atomic E-state index is 0.790. The van der Waals surface area contributed by atoms with Crippen molar-refractivity contribution < 1.29 is 0 Å². The third kappa shape index (κ3) is 3.72. The average molecular weight is 282 g/mol. The zero-order valence-electron chi connectivity index (χ0n) is 12.5. The van der Waals surface area contributed by atoms with E-state index in [0.29, 0.717) is 0 Å². The summed E-state index contributed by atoms with van der Waals surface area (Å²) in [5.41, 5.74) is 2.55. The summed E-state index contributed by atoms with van der Waals surface area (Å²) < 4.78 is 0. The SMILES string of the molecule is Cc1cccc(CNc2cc(N3CCCCC3)ncn2)c1. The molecule has 0 saturated carbocycles. The van der Waals surface area contributed by atoms with E-state index in [-0.39, 0.29) is 0 Å². The van der Waals surface area contributed by atoms with Gasteiger partial charge in [-0.25, -0.2) is 9.97 Å². The molecule has 4 heteroatoms. The Hall–Kier alpha value is -2.10. The van der Waals surface area contributed by atoms with Gasteiger partial charge in [-0.05, 0) is 31.7 Å². The number of hydrogen-bond acceptors (Lipinski definition) is 4. The second-order valence-electron chi connectivity index (χ2n) is 5.65. The second-order valence-corrected chi connectivity index (χ2v) is 5.65. The number of nitrogens with zero attached hydrogens (tertiary/aromatic N) is 3. The summed E-state index contributed by atoms with van der Waals surface area (Å²) in [7, 11) is 0. The fraction of sp³-hybridized carbons (Fsp3) is 0.412. The molecule has 1 aromatic heterocycles. The van der Waals surface area contributed by atoms with E-state index < -0.39 is 0 Å². The van der Waals surface area contributed by atoms with Crippen LogP contribution in [0.2, 0.25) is 0 Å². The predicted octanol–water partition coefficient (Wildman–Crippen LogP) is 3.39. The highest BCUT2D eigenvalue weighted by Gasteiger charge is 2.12. The largest absolute Gasteiger partial charge is 0.366 e.